The summed E-state index contributed by atoms with van der Waals surface area (Å²) < 4.78 is 10.8. The van der Waals surface area contributed by atoms with E-state index >= 15 is 0 Å². The summed E-state index contributed by atoms with van der Waals surface area (Å²) in [7, 11) is 1.63. The number of aliphatic hydroxyl groups excluding tert-OH is 1. The van der Waals surface area contributed by atoms with Crippen molar-refractivity contribution in [3.63, 3.8) is 0 Å². The van der Waals surface area contributed by atoms with E-state index in [1.54, 1.807) is 12.0 Å². The number of likely N-dealkylation sites (N-methyl/N-ethyl adjacent to an activating group) is 1. The van der Waals surface area contributed by atoms with Gasteiger partial charge >= 0.3 is 0 Å². The Balaban J connectivity index is 1.71. The largest absolute Gasteiger partial charge is 0.497 e. The SMILES string of the molecule is CC[NH+]1CC[NH+](C[C@@H](O)COc2cccc(OC)c2)CC1. The maximum Gasteiger partial charge on any atom is 0.137 e. The molecule has 0 radical (unpaired) electrons. The summed E-state index contributed by atoms with van der Waals surface area (Å²) >= 11 is 0. The minimum Gasteiger partial charge on any atom is -0.497 e. The maximum atomic E-state index is 10.1. The standard InChI is InChI=1S/C16H26N2O3/c1-3-17-7-9-18(10-8-17)12-14(19)13-21-16-6-4-5-15(11-16)20-2/h4-6,11,14,19H,3,7-10,12-13H2,1-2H3/p+2/t14-/m1/s1. The highest BCUT2D eigenvalue weighted by atomic mass is 16.5. The Kier molecular flexibility index (Phi) is 6.29. The van der Waals surface area contributed by atoms with Crippen molar-refractivity contribution in [3.05, 3.63) is 24.3 Å². The molecular weight excluding hydrogens is 268 g/mol. The van der Waals surface area contributed by atoms with E-state index in [-0.39, 0.29) is 0 Å². The van der Waals surface area contributed by atoms with Gasteiger partial charge in [0.1, 0.15) is 56.9 Å². The molecular formula is C16H28N2O3+2. The summed E-state index contributed by atoms with van der Waals surface area (Å²) in [6, 6.07) is 7.48. The van der Waals surface area contributed by atoms with Crippen LogP contribution >= 0.6 is 0 Å². The Morgan fingerprint density at radius 3 is 2.48 bits per heavy atom. The van der Waals surface area contributed by atoms with E-state index in [1.165, 1.54) is 24.5 Å². The van der Waals surface area contributed by atoms with E-state index in [2.05, 4.69) is 6.92 Å². The van der Waals surface area contributed by atoms with Crippen molar-refractivity contribution < 1.29 is 24.4 Å². The van der Waals surface area contributed by atoms with Crippen LogP contribution in [0.4, 0.5) is 0 Å². The number of hydrogen-bond donors (Lipinski definition) is 3. The Labute approximate surface area is 127 Å². The van der Waals surface area contributed by atoms with E-state index in [0.29, 0.717) is 6.61 Å². The molecule has 0 bridgehead atoms. The van der Waals surface area contributed by atoms with Crippen molar-refractivity contribution in [3.8, 4) is 11.5 Å². The number of hydrogen-bond acceptors (Lipinski definition) is 3. The highest BCUT2D eigenvalue weighted by molar-refractivity contribution is 5.32. The van der Waals surface area contributed by atoms with Gasteiger partial charge in [-0.3, -0.25) is 0 Å². The van der Waals surface area contributed by atoms with Gasteiger partial charge in [-0.25, -0.2) is 0 Å². The molecule has 0 aromatic heterocycles. The average molecular weight is 296 g/mol. The Morgan fingerprint density at radius 1 is 1.14 bits per heavy atom. The third-order valence-electron chi connectivity index (χ3n) is 4.17. The number of nitrogens with one attached hydrogen (secondary N) is 2. The minimum atomic E-state index is -0.422. The molecule has 0 aliphatic carbocycles. The molecule has 118 valence electrons. The highest BCUT2D eigenvalue weighted by Gasteiger charge is 2.23. The van der Waals surface area contributed by atoms with Crippen molar-refractivity contribution in [1.29, 1.82) is 0 Å². The van der Waals surface area contributed by atoms with E-state index in [4.69, 9.17) is 9.47 Å². The van der Waals surface area contributed by atoms with Crippen molar-refractivity contribution >= 4 is 0 Å². The van der Waals surface area contributed by atoms with E-state index in [9.17, 15) is 5.11 Å². The van der Waals surface area contributed by atoms with Crippen LogP contribution in [-0.2, 0) is 0 Å². The molecule has 1 aromatic rings. The van der Waals surface area contributed by atoms with Crippen molar-refractivity contribution in [2.75, 3.05) is 53.0 Å². The first-order valence-corrected chi connectivity index (χ1v) is 7.83. The summed E-state index contributed by atoms with van der Waals surface area (Å²) in [6.07, 6.45) is -0.422. The summed E-state index contributed by atoms with van der Waals surface area (Å²) in [5.41, 5.74) is 0. The maximum absolute atomic E-state index is 10.1. The molecule has 21 heavy (non-hydrogen) atoms. The summed E-state index contributed by atoms with van der Waals surface area (Å²) in [6.45, 7) is 9.22. The Morgan fingerprint density at radius 2 is 1.81 bits per heavy atom. The van der Waals surface area contributed by atoms with Gasteiger partial charge in [-0.2, -0.15) is 0 Å². The predicted molar refractivity (Wildman–Crippen MR) is 81.3 cm³/mol. The first kappa shape index (κ1) is 16.1. The molecule has 1 aliphatic heterocycles. The first-order valence-electron chi connectivity index (χ1n) is 7.83. The fourth-order valence-corrected chi connectivity index (χ4v) is 2.79. The summed E-state index contributed by atoms with van der Waals surface area (Å²) in [5, 5.41) is 10.1. The smallest absolute Gasteiger partial charge is 0.137 e. The molecule has 0 spiro atoms. The molecule has 0 unspecified atom stereocenters. The average Bonchev–Trinajstić information content (AvgIpc) is 2.54. The zero-order valence-corrected chi connectivity index (χ0v) is 13.1. The Bertz CT molecular complexity index is 420. The van der Waals surface area contributed by atoms with Gasteiger partial charge in [-0.05, 0) is 19.1 Å². The van der Waals surface area contributed by atoms with E-state index < -0.39 is 6.10 Å². The zero-order valence-electron chi connectivity index (χ0n) is 13.1. The fourth-order valence-electron chi connectivity index (χ4n) is 2.79. The predicted octanol–water partition coefficient (Wildman–Crippen LogP) is -1.76. The van der Waals surface area contributed by atoms with Gasteiger partial charge < -0.3 is 24.4 Å². The zero-order chi connectivity index (χ0) is 15.1. The van der Waals surface area contributed by atoms with E-state index in [0.717, 1.165) is 31.1 Å². The lowest BCUT2D eigenvalue weighted by Gasteiger charge is -2.30. The van der Waals surface area contributed by atoms with Crippen LogP contribution in [0.25, 0.3) is 0 Å². The van der Waals surface area contributed by atoms with Crippen molar-refractivity contribution in [2.45, 2.75) is 13.0 Å². The lowest BCUT2D eigenvalue weighted by atomic mass is 10.2. The van der Waals surface area contributed by atoms with Crippen LogP contribution in [0.15, 0.2) is 24.3 Å². The number of piperazine rings is 1. The van der Waals surface area contributed by atoms with Gasteiger partial charge in [0.25, 0.3) is 0 Å². The van der Waals surface area contributed by atoms with Gasteiger partial charge in [0.15, 0.2) is 0 Å². The molecule has 0 saturated carbocycles. The fraction of sp³-hybridized carbons (Fsp3) is 0.625. The minimum absolute atomic E-state index is 0.334. The molecule has 0 amide bonds. The number of benzene rings is 1. The van der Waals surface area contributed by atoms with Crippen LogP contribution in [0.5, 0.6) is 11.5 Å². The molecule has 5 nitrogen and oxygen atoms in total. The second-order valence-corrected chi connectivity index (χ2v) is 5.70. The topological polar surface area (TPSA) is 47.6 Å². The Hall–Kier alpha value is -1.30. The van der Waals surface area contributed by atoms with Crippen molar-refractivity contribution in [1.82, 2.24) is 0 Å². The number of ether oxygens (including phenoxy) is 2. The second kappa shape index (κ2) is 8.22. The molecule has 1 fully saturated rings. The summed E-state index contributed by atoms with van der Waals surface area (Å²) in [5.74, 6) is 1.51. The lowest BCUT2D eigenvalue weighted by Crippen LogP contribution is -3.28. The van der Waals surface area contributed by atoms with Gasteiger partial charge in [0.2, 0.25) is 0 Å². The van der Waals surface area contributed by atoms with Crippen LogP contribution in [0.3, 0.4) is 0 Å². The molecule has 1 atom stereocenters. The molecule has 1 aromatic carbocycles. The van der Waals surface area contributed by atoms with Crippen LogP contribution < -0.4 is 19.3 Å². The highest BCUT2D eigenvalue weighted by Crippen LogP contribution is 2.18. The molecule has 5 heteroatoms. The molecule has 2 rings (SSSR count). The number of aliphatic hydroxyl groups is 1. The molecule has 1 heterocycles. The number of quaternary nitrogens is 2. The lowest BCUT2D eigenvalue weighted by molar-refractivity contribution is -1.01. The van der Waals surface area contributed by atoms with Crippen LogP contribution in [-0.4, -0.2) is 64.2 Å². The third-order valence-corrected chi connectivity index (χ3v) is 4.17. The molecule has 1 aliphatic rings. The van der Waals surface area contributed by atoms with Crippen LogP contribution in [0.2, 0.25) is 0 Å². The number of methoxy groups -OCH3 is 1. The normalized spacial score (nSPS) is 23.6. The monoisotopic (exact) mass is 296 g/mol. The number of rotatable bonds is 7. The van der Waals surface area contributed by atoms with Gasteiger partial charge in [0, 0.05) is 6.07 Å². The first-order chi connectivity index (χ1) is 10.2. The molecule has 3 N–H and O–H groups in total. The summed E-state index contributed by atoms with van der Waals surface area (Å²) in [4.78, 5) is 3.15. The van der Waals surface area contributed by atoms with Crippen LogP contribution in [0, 0.1) is 0 Å². The van der Waals surface area contributed by atoms with Crippen molar-refractivity contribution in [2.24, 2.45) is 0 Å². The van der Waals surface area contributed by atoms with Gasteiger partial charge in [-0.15, -0.1) is 0 Å². The van der Waals surface area contributed by atoms with Gasteiger partial charge in [0.05, 0.1) is 13.7 Å². The third kappa shape index (κ3) is 5.19. The van der Waals surface area contributed by atoms with Gasteiger partial charge in [-0.1, -0.05) is 6.07 Å². The quantitative estimate of drug-likeness (QED) is 0.559. The van der Waals surface area contributed by atoms with E-state index in [1.807, 2.05) is 24.3 Å². The molecule has 1 saturated heterocycles. The second-order valence-electron chi connectivity index (χ2n) is 5.70. The van der Waals surface area contributed by atoms with Crippen LogP contribution in [0.1, 0.15) is 6.92 Å².